The van der Waals surface area contributed by atoms with Gasteiger partial charge < -0.3 is 20.4 Å². The van der Waals surface area contributed by atoms with E-state index in [1.54, 1.807) is 24.3 Å². The third-order valence-corrected chi connectivity index (χ3v) is 8.51. The van der Waals surface area contributed by atoms with Gasteiger partial charge in [0.25, 0.3) is 0 Å². The Kier molecular flexibility index (Phi) is 9.26. The van der Waals surface area contributed by atoms with Crippen LogP contribution in [0.4, 0.5) is 0 Å². The van der Waals surface area contributed by atoms with Crippen molar-refractivity contribution in [2.75, 3.05) is 24.7 Å². The van der Waals surface area contributed by atoms with Gasteiger partial charge in [-0.05, 0) is 33.4 Å². The molecule has 6 heteroatoms. The fourth-order valence-corrected chi connectivity index (χ4v) is 6.55. The van der Waals surface area contributed by atoms with Crippen LogP contribution >= 0.6 is 0 Å². The fourth-order valence-electron chi connectivity index (χ4n) is 4.76. The molecule has 0 saturated heterocycles. The maximum absolute atomic E-state index is 13.4. The molecule has 198 valence electrons. The predicted octanol–water partition coefficient (Wildman–Crippen LogP) is 4.61. The van der Waals surface area contributed by atoms with Gasteiger partial charge in [-0.25, -0.2) is 0 Å². The van der Waals surface area contributed by atoms with Crippen LogP contribution in [0.25, 0.3) is 22.3 Å². The molecule has 4 rings (SSSR count). The number of hydrogen-bond acceptors (Lipinski definition) is 5. The molecular formula is C32H34O5S. The van der Waals surface area contributed by atoms with E-state index in [2.05, 4.69) is 0 Å². The Morgan fingerprint density at radius 1 is 0.500 bits per heavy atom. The lowest BCUT2D eigenvalue weighted by Crippen LogP contribution is -2.39. The highest BCUT2D eigenvalue weighted by Gasteiger charge is 2.36. The molecule has 0 amide bonds. The first-order valence-corrected chi connectivity index (χ1v) is 14.2. The van der Waals surface area contributed by atoms with Crippen molar-refractivity contribution >= 4 is 10.8 Å². The van der Waals surface area contributed by atoms with E-state index in [1.165, 1.54) is 0 Å². The first-order chi connectivity index (χ1) is 18.4. The van der Waals surface area contributed by atoms with Gasteiger partial charge in [-0.1, -0.05) is 109 Å². The average molecular weight is 531 g/mol. The Morgan fingerprint density at radius 2 is 0.816 bits per heavy atom. The van der Waals surface area contributed by atoms with E-state index in [4.69, 9.17) is 0 Å². The van der Waals surface area contributed by atoms with E-state index in [1.807, 2.05) is 84.9 Å². The quantitative estimate of drug-likeness (QED) is 0.215. The molecule has 0 fully saturated rings. The number of aliphatic hydroxyl groups excluding tert-OH is 2. The maximum Gasteiger partial charge on any atom is 0.103 e. The molecule has 0 bridgehead atoms. The van der Waals surface area contributed by atoms with Crippen LogP contribution in [-0.4, -0.2) is 49.4 Å². The topological polar surface area (TPSA) is 98.0 Å². The highest BCUT2D eigenvalue weighted by Crippen LogP contribution is 2.33. The molecule has 0 aliphatic heterocycles. The van der Waals surface area contributed by atoms with Crippen molar-refractivity contribution < 1.29 is 24.6 Å². The Morgan fingerprint density at radius 3 is 1.13 bits per heavy atom. The average Bonchev–Trinajstić information content (AvgIpc) is 2.94. The number of rotatable bonds is 12. The summed E-state index contributed by atoms with van der Waals surface area (Å²) in [6.07, 6.45) is 0.0151. The third kappa shape index (κ3) is 6.65. The minimum atomic E-state index is -1.67. The van der Waals surface area contributed by atoms with Crippen molar-refractivity contribution in [3.05, 3.63) is 120 Å². The second-order valence-electron chi connectivity index (χ2n) is 9.63. The summed E-state index contributed by atoms with van der Waals surface area (Å²) in [7, 11) is -1.67. The molecule has 5 nitrogen and oxygen atoms in total. The minimum Gasteiger partial charge on any atom is -0.396 e. The largest absolute Gasteiger partial charge is 0.396 e. The van der Waals surface area contributed by atoms with Gasteiger partial charge in [0.15, 0.2) is 0 Å². The first-order valence-electron chi connectivity index (χ1n) is 12.7. The first kappa shape index (κ1) is 27.9. The Bertz CT molecular complexity index is 1210. The molecule has 0 aliphatic rings. The summed E-state index contributed by atoms with van der Waals surface area (Å²) in [6, 6.07) is 34.4. The molecular weight excluding hydrogens is 496 g/mol. The van der Waals surface area contributed by atoms with Gasteiger partial charge in [0.05, 0.1) is 11.5 Å². The molecule has 2 unspecified atom stereocenters. The van der Waals surface area contributed by atoms with Gasteiger partial charge in [0, 0.05) is 36.9 Å². The fraction of sp³-hybridized carbons (Fsp3) is 0.250. The van der Waals surface area contributed by atoms with Crippen molar-refractivity contribution in [3.8, 4) is 22.3 Å². The zero-order chi connectivity index (χ0) is 27.0. The predicted molar refractivity (Wildman–Crippen MR) is 153 cm³/mol. The third-order valence-electron chi connectivity index (χ3n) is 6.91. The lowest BCUT2D eigenvalue weighted by molar-refractivity contribution is 0.0282. The van der Waals surface area contributed by atoms with E-state index in [-0.39, 0.29) is 37.6 Å². The summed E-state index contributed by atoms with van der Waals surface area (Å²) < 4.78 is 13.4. The zero-order valence-corrected chi connectivity index (χ0v) is 22.1. The van der Waals surface area contributed by atoms with E-state index < -0.39 is 22.0 Å². The SMILES string of the molecule is O=S(CC(O)(CCO)c1ccc(-c2ccccc2)cc1)CC(O)(CCO)c1ccc(-c2ccccc2)cc1. The summed E-state index contributed by atoms with van der Waals surface area (Å²) in [5.41, 5.74) is 2.09. The minimum absolute atomic E-state index is 0.00756. The van der Waals surface area contributed by atoms with Crippen molar-refractivity contribution in [3.63, 3.8) is 0 Å². The van der Waals surface area contributed by atoms with Gasteiger partial charge >= 0.3 is 0 Å². The van der Waals surface area contributed by atoms with Crippen molar-refractivity contribution in [1.29, 1.82) is 0 Å². The van der Waals surface area contributed by atoms with Gasteiger partial charge in [0.2, 0.25) is 0 Å². The second-order valence-corrected chi connectivity index (χ2v) is 11.1. The summed E-state index contributed by atoms with van der Waals surface area (Å²) >= 11 is 0. The van der Waals surface area contributed by atoms with Crippen LogP contribution in [0, 0.1) is 0 Å². The molecule has 4 aromatic carbocycles. The van der Waals surface area contributed by atoms with Crippen LogP contribution in [0.2, 0.25) is 0 Å². The smallest absolute Gasteiger partial charge is 0.103 e. The Labute approximate surface area is 226 Å². The van der Waals surface area contributed by atoms with Crippen LogP contribution in [-0.2, 0) is 22.0 Å². The van der Waals surface area contributed by atoms with Crippen LogP contribution in [0.5, 0.6) is 0 Å². The molecule has 0 saturated carbocycles. The number of hydrogen-bond donors (Lipinski definition) is 4. The lowest BCUT2D eigenvalue weighted by Gasteiger charge is -2.32. The molecule has 4 aromatic rings. The molecule has 0 heterocycles. The zero-order valence-electron chi connectivity index (χ0n) is 21.2. The normalized spacial score (nSPS) is 15.4. The Balaban J connectivity index is 1.52. The molecule has 2 atom stereocenters. The van der Waals surface area contributed by atoms with E-state index in [0.717, 1.165) is 22.3 Å². The van der Waals surface area contributed by atoms with Crippen LogP contribution in [0.15, 0.2) is 109 Å². The molecule has 38 heavy (non-hydrogen) atoms. The van der Waals surface area contributed by atoms with Crippen LogP contribution in [0.3, 0.4) is 0 Å². The van der Waals surface area contributed by atoms with Gasteiger partial charge in [-0.2, -0.15) is 0 Å². The summed E-state index contributed by atoms with van der Waals surface area (Å²) in [5, 5.41) is 42.3. The second kappa shape index (κ2) is 12.6. The van der Waals surface area contributed by atoms with Crippen molar-refractivity contribution in [2.45, 2.75) is 24.0 Å². The standard InChI is InChI=1S/C32H34O5S/c33-21-19-31(35,29-15-11-27(12-16-29)25-7-3-1-4-8-25)23-38(37)24-32(36,20-22-34)30-17-13-28(14-18-30)26-9-5-2-6-10-26/h1-18,33-36H,19-24H2. The number of benzene rings is 4. The van der Waals surface area contributed by atoms with E-state index in [0.29, 0.717) is 11.1 Å². The maximum atomic E-state index is 13.4. The molecule has 4 N–H and O–H groups in total. The molecule has 0 aromatic heterocycles. The van der Waals surface area contributed by atoms with Crippen LogP contribution < -0.4 is 0 Å². The van der Waals surface area contributed by atoms with E-state index >= 15 is 0 Å². The van der Waals surface area contributed by atoms with Gasteiger partial charge in [0.1, 0.15) is 11.2 Å². The highest BCUT2D eigenvalue weighted by atomic mass is 32.2. The summed E-state index contributed by atoms with van der Waals surface area (Å²) in [5.74, 6) is -0.317. The lowest BCUT2D eigenvalue weighted by atomic mass is 9.91. The van der Waals surface area contributed by atoms with Gasteiger partial charge in [-0.3, -0.25) is 4.21 Å². The monoisotopic (exact) mass is 530 g/mol. The Hall–Kier alpha value is -3.13. The summed E-state index contributed by atoms with van der Waals surface area (Å²) in [6.45, 7) is -0.564. The molecule has 0 spiro atoms. The van der Waals surface area contributed by atoms with Crippen molar-refractivity contribution in [1.82, 2.24) is 0 Å². The number of aliphatic hydroxyl groups is 4. The highest BCUT2D eigenvalue weighted by molar-refractivity contribution is 7.85. The molecule has 0 aliphatic carbocycles. The molecule has 0 radical (unpaired) electrons. The van der Waals surface area contributed by atoms with Gasteiger partial charge in [-0.15, -0.1) is 0 Å². The summed E-state index contributed by atoms with van der Waals surface area (Å²) in [4.78, 5) is 0. The van der Waals surface area contributed by atoms with Crippen LogP contribution in [0.1, 0.15) is 24.0 Å². The van der Waals surface area contributed by atoms with E-state index in [9.17, 15) is 24.6 Å². The van der Waals surface area contributed by atoms with Crippen molar-refractivity contribution in [2.24, 2.45) is 0 Å².